The highest BCUT2D eigenvalue weighted by molar-refractivity contribution is 7.89. The molecule has 0 aliphatic rings. The summed E-state index contributed by atoms with van der Waals surface area (Å²) in [4.78, 5) is 11.2. The van der Waals surface area contributed by atoms with Crippen molar-refractivity contribution < 1.29 is 23.1 Å². The van der Waals surface area contributed by atoms with Crippen molar-refractivity contribution in [2.24, 2.45) is 0 Å². The monoisotopic (exact) mass is 315 g/mol. The van der Waals surface area contributed by atoms with Gasteiger partial charge in [-0.25, -0.2) is 13.1 Å². The molecule has 1 aromatic carbocycles. The number of rotatable bonds is 8. The first kappa shape index (κ1) is 17.6. The van der Waals surface area contributed by atoms with E-state index in [2.05, 4.69) is 4.72 Å². The molecule has 0 bridgehead atoms. The molecule has 0 fully saturated rings. The highest BCUT2D eigenvalue weighted by atomic mass is 32.2. The number of hydrogen-bond donors (Lipinski definition) is 2. The van der Waals surface area contributed by atoms with Crippen LogP contribution in [0.3, 0.4) is 0 Å². The zero-order valence-corrected chi connectivity index (χ0v) is 13.0. The van der Waals surface area contributed by atoms with Crippen molar-refractivity contribution in [3.05, 3.63) is 29.8 Å². The van der Waals surface area contributed by atoms with Gasteiger partial charge >= 0.3 is 5.97 Å². The van der Waals surface area contributed by atoms with Crippen LogP contribution in [0.25, 0.3) is 0 Å². The van der Waals surface area contributed by atoms with E-state index in [1.165, 1.54) is 12.1 Å². The van der Waals surface area contributed by atoms with Crippen LogP contribution < -0.4 is 4.72 Å². The molecule has 1 unspecified atom stereocenters. The predicted molar refractivity (Wildman–Crippen MR) is 78.1 cm³/mol. The molecule has 7 heteroatoms. The second-order valence-corrected chi connectivity index (χ2v) is 6.32. The van der Waals surface area contributed by atoms with E-state index in [0.29, 0.717) is 18.6 Å². The number of aliphatic hydroxyl groups excluding tert-OH is 1. The van der Waals surface area contributed by atoms with Crippen molar-refractivity contribution in [1.82, 2.24) is 4.72 Å². The number of sulfonamides is 1. The maximum absolute atomic E-state index is 12.1. The van der Waals surface area contributed by atoms with E-state index in [-0.39, 0.29) is 23.8 Å². The topological polar surface area (TPSA) is 92.7 Å². The number of benzene rings is 1. The molecule has 1 aromatic rings. The summed E-state index contributed by atoms with van der Waals surface area (Å²) in [5.41, 5.74) is 0.532. The second kappa shape index (κ2) is 8.11. The average molecular weight is 315 g/mol. The van der Waals surface area contributed by atoms with Crippen LogP contribution >= 0.6 is 0 Å². The SMILES string of the molecule is CCOC(=O)CCCNS(=O)(=O)c1cccc(C(C)O)c1. The van der Waals surface area contributed by atoms with Crippen LogP contribution in [0.2, 0.25) is 0 Å². The zero-order chi connectivity index (χ0) is 15.9. The number of carbonyl (C=O) groups is 1. The number of ether oxygens (including phenoxy) is 1. The Hall–Kier alpha value is -1.44. The van der Waals surface area contributed by atoms with Crippen molar-refractivity contribution in [2.75, 3.05) is 13.2 Å². The highest BCUT2D eigenvalue weighted by Gasteiger charge is 2.15. The van der Waals surface area contributed by atoms with Crippen LogP contribution in [0, 0.1) is 0 Å². The molecule has 0 amide bonds. The first-order valence-electron chi connectivity index (χ1n) is 6.80. The summed E-state index contributed by atoms with van der Waals surface area (Å²) in [6, 6.07) is 6.12. The molecule has 2 N–H and O–H groups in total. The summed E-state index contributed by atoms with van der Waals surface area (Å²) in [6.45, 7) is 3.75. The normalized spacial score (nSPS) is 12.9. The van der Waals surface area contributed by atoms with Crippen molar-refractivity contribution in [3.63, 3.8) is 0 Å². The van der Waals surface area contributed by atoms with Gasteiger partial charge in [-0.05, 0) is 38.0 Å². The van der Waals surface area contributed by atoms with E-state index in [1.807, 2.05) is 0 Å². The number of nitrogens with one attached hydrogen (secondary N) is 1. The van der Waals surface area contributed by atoms with Crippen molar-refractivity contribution >= 4 is 16.0 Å². The highest BCUT2D eigenvalue weighted by Crippen LogP contribution is 2.17. The Bertz CT molecular complexity index is 568. The maximum atomic E-state index is 12.1. The molecule has 0 radical (unpaired) electrons. The molecule has 0 saturated carbocycles. The number of hydrogen-bond acceptors (Lipinski definition) is 5. The van der Waals surface area contributed by atoms with Crippen LogP contribution in [-0.2, 0) is 19.6 Å². The van der Waals surface area contributed by atoms with Gasteiger partial charge in [-0.2, -0.15) is 0 Å². The molecule has 0 aliphatic heterocycles. The third-order valence-corrected chi connectivity index (χ3v) is 4.26. The molecule has 0 aliphatic carbocycles. The Labute approximate surface area is 125 Å². The Morgan fingerprint density at radius 2 is 2.14 bits per heavy atom. The smallest absolute Gasteiger partial charge is 0.305 e. The summed E-state index contributed by atoms with van der Waals surface area (Å²) in [6.07, 6.45) is -0.193. The quantitative estimate of drug-likeness (QED) is 0.558. The minimum Gasteiger partial charge on any atom is -0.466 e. The van der Waals surface area contributed by atoms with Crippen LogP contribution in [0.4, 0.5) is 0 Å². The lowest BCUT2D eigenvalue weighted by Gasteiger charge is -2.09. The van der Waals surface area contributed by atoms with E-state index in [4.69, 9.17) is 4.74 Å². The van der Waals surface area contributed by atoms with Crippen LogP contribution in [0.1, 0.15) is 38.4 Å². The van der Waals surface area contributed by atoms with E-state index in [9.17, 15) is 18.3 Å². The van der Waals surface area contributed by atoms with Crippen molar-refractivity contribution in [1.29, 1.82) is 0 Å². The average Bonchev–Trinajstić information content (AvgIpc) is 2.44. The largest absolute Gasteiger partial charge is 0.466 e. The van der Waals surface area contributed by atoms with Gasteiger partial charge in [0.2, 0.25) is 10.0 Å². The Morgan fingerprint density at radius 1 is 1.43 bits per heavy atom. The fourth-order valence-corrected chi connectivity index (χ4v) is 2.83. The number of esters is 1. The summed E-state index contributed by atoms with van der Waals surface area (Å²) in [7, 11) is -3.64. The molecule has 21 heavy (non-hydrogen) atoms. The second-order valence-electron chi connectivity index (χ2n) is 4.55. The van der Waals surface area contributed by atoms with E-state index >= 15 is 0 Å². The molecule has 1 rings (SSSR count). The number of aliphatic hydroxyl groups is 1. The summed E-state index contributed by atoms with van der Waals surface area (Å²) in [5.74, 6) is -0.340. The molecule has 0 spiro atoms. The zero-order valence-electron chi connectivity index (χ0n) is 12.2. The minimum absolute atomic E-state index is 0.0945. The van der Waals surface area contributed by atoms with Gasteiger partial charge < -0.3 is 9.84 Å². The van der Waals surface area contributed by atoms with Gasteiger partial charge in [-0.15, -0.1) is 0 Å². The molecule has 6 nitrogen and oxygen atoms in total. The van der Waals surface area contributed by atoms with Crippen LogP contribution in [-0.4, -0.2) is 32.6 Å². The van der Waals surface area contributed by atoms with Crippen LogP contribution in [0.15, 0.2) is 29.2 Å². The first-order valence-corrected chi connectivity index (χ1v) is 8.28. The summed E-state index contributed by atoms with van der Waals surface area (Å²) in [5, 5.41) is 9.47. The summed E-state index contributed by atoms with van der Waals surface area (Å²) < 4.78 is 31.3. The summed E-state index contributed by atoms with van der Waals surface area (Å²) >= 11 is 0. The fourth-order valence-electron chi connectivity index (χ4n) is 1.70. The lowest BCUT2D eigenvalue weighted by molar-refractivity contribution is -0.143. The lowest BCUT2D eigenvalue weighted by atomic mass is 10.1. The fraction of sp³-hybridized carbons (Fsp3) is 0.500. The molecule has 1 atom stereocenters. The van der Waals surface area contributed by atoms with Gasteiger partial charge in [0.25, 0.3) is 0 Å². The predicted octanol–water partition coefficient (Wildman–Crippen LogP) is 1.36. The molecule has 0 saturated heterocycles. The third-order valence-electron chi connectivity index (χ3n) is 2.81. The molecular weight excluding hydrogens is 294 g/mol. The van der Waals surface area contributed by atoms with Crippen LogP contribution in [0.5, 0.6) is 0 Å². The lowest BCUT2D eigenvalue weighted by Crippen LogP contribution is -2.25. The van der Waals surface area contributed by atoms with Crippen molar-refractivity contribution in [3.8, 4) is 0 Å². The Kier molecular flexibility index (Phi) is 6.80. The van der Waals surface area contributed by atoms with Gasteiger partial charge in [0.05, 0.1) is 17.6 Å². The third kappa shape index (κ3) is 5.82. The molecule has 118 valence electrons. The van der Waals surface area contributed by atoms with Gasteiger partial charge in [0.1, 0.15) is 0 Å². The van der Waals surface area contributed by atoms with Gasteiger partial charge in [-0.1, -0.05) is 12.1 Å². The standard InChI is InChI=1S/C14H21NO5S/c1-3-20-14(17)8-5-9-15-21(18,19)13-7-4-6-12(10-13)11(2)16/h4,6-7,10-11,15-16H,3,5,8-9H2,1-2H3. The maximum Gasteiger partial charge on any atom is 0.305 e. The van der Waals surface area contributed by atoms with E-state index in [1.54, 1.807) is 26.0 Å². The molecular formula is C14H21NO5S. The minimum atomic E-state index is -3.64. The van der Waals surface area contributed by atoms with Gasteiger partial charge in [0, 0.05) is 13.0 Å². The number of carbonyl (C=O) groups excluding carboxylic acids is 1. The Morgan fingerprint density at radius 3 is 2.76 bits per heavy atom. The Balaban J connectivity index is 2.58. The van der Waals surface area contributed by atoms with E-state index < -0.39 is 16.1 Å². The van der Waals surface area contributed by atoms with Gasteiger partial charge in [-0.3, -0.25) is 4.79 Å². The molecule has 0 heterocycles. The molecule has 0 aromatic heterocycles. The van der Waals surface area contributed by atoms with Crippen molar-refractivity contribution in [2.45, 2.75) is 37.7 Å². The van der Waals surface area contributed by atoms with Gasteiger partial charge in [0.15, 0.2) is 0 Å². The first-order chi connectivity index (χ1) is 9.86. The van der Waals surface area contributed by atoms with E-state index in [0.717, 1.165) is 0 Å².